The van der Waals surface area contributed by atoms with Gasteiger partial charge in [0.25, 0.3) is 0 Å². The lowest BCUT2D eigenvalue weighted by Crippen LogP contribution is -2.28. The fourth-order valence-electron chi connectivity index (χ4n) is 0.917. The molecule has 0 saturated carbocycles. The summed E-state index contributed by atoms with van der Waals surface area (Å²) in [4.78, 5) is -0.0220. The third kappa shape index (κ3) is 5.06. The average molecular weight is 354 g/mol. The average Bonchev–Trinajstić information content (AvgIpc) is 2.14. The van der Waals surface area contributed by atoms with Gasteiger partial charge < -0.3 is 9.47 Å². The Hall–Kier alpha value is 0.830. The zero-order chi connectivity index (χ0) is 11.2. The van der Waals surface area contributed by atoms with Crippen molar-refractivity contribution in [2.75, 3.05) is 25.5 Å². The molecule has 0 amide bonds. The maximum absolute atomic E-state index is 11.4. The van der Waals surface area contributed by atoms with Gasteiger partial charge in [-0.15, -0.1) is 0 Å². The standard InChI is InChI=1S/C7H14Br2O4S/c1-12-4-6(9)3-7(13-2)14(10,11)5-8/h6-7H,3-5H2,1-2H3. The lowest BCUT2D eigenvalue weighted by atomic mass is 10.3. The van der Waals surface area contributed by atoms with Crippen LogP contribution in [0.3, 0.4) is 0 Å². The predicted octanol–water partition coefficient (Wildman–Crippen LogP) is 1.53. The van der Waals surface area contributed by atoms with Gasteiger partial charge >= 0.3 is 0 Å². The lowest BCUT2D eigenvalue weighted by Gasteiger charge is -2.17. The number of sulfone groups is 1. The summed E-state index contributed by atoms with van der Waals surface area (Å²) in [6.07, 6.45) is 0.373. The first-order valence-corrected chi connectivity index (χ1v) is 7.66. The fourth-order valence-corrected chi connectivity index (χ4v) is 3.61. The summed E-state index contributed by atoms with van der Waals surface area (Å²) in [7, 11) is -0.264. The molecule has 0 aliphatic rings. The van der Waals surface area contributed by atoms with Gasteiger partial charge in [0.2, 0.25) is 0 Å². The van der Waals surface area contributed by atoms with Crippen molar-refractivity contribution >= 4 is 41.7 Å². The fraction of sp³-hybridized carbons (Fsp3) is 1.00. The van der Waals surface area contributed by atoms with Crippen molar-refractivity contribution in [3.05, 3.63) is 0 Å². The normalized spacial score (nSPS) is 16.6. The highest BCUT2D eigenvalue weighted by Crippen LogP contribution is 2.17. The Labute approximate surface area is 102 Å². The van der Waals surface area contributed by atoms with E-state index in [-0.39, 0.29) is 9.49 Å². The minimum atomic E-state index is -3.21. The minimum Gasteiger partial charge on any atom is -0.384 e. The number of ether oxygens (including phenoxy) is 2. The van der Waals surface area contributed by atoms with Crippen LogP contribution in [0.2, 0.25) is 0 Å². The maximum Gasteiger partial charge on any atom is 0.187 e. The van der Waals surface area contributed by atoms with Crippen molar-refractivity contribution in [3.63, 3.8) is 0 Å². The van der Waals surface area contributed by atoms with Crippen molar-refractivity contribution in [3.8, 4) is 0 Å². The Balaban J connectivity index is 4.30. The summed E-state index contributed by atoms with van der Waals surface area (Å²) >= 11 is 6.24. The van der Waals surface area contributed by atoms with Crippen molar-refractivity contribution in [2.24, 2.45) is 0 Å². The second-order valence-electron chi connectivity index (χ2n) is 2.73. The molecule has 0 bridgehead atoms. The van der Waals surface area contributed by atoms with Gasteiger partial charge in [-0.2, -0.15) is 0 Å². The zero-order valence-electron chi connectivity index (χ0n) is 8.07. The first kappa shape index (κ1) is 14.8. The molecule has 0 saturated heterocycles. The van der Waals surface area contributed by atoms with Gasteiger partial charge in [0.15, 0.2) is 15.3 Å². The van der Waals surface area contributed by atoms with Crippen molar-refractivity contribution in [2.45, 2.75) is 16.7 Å². The molecule has 2 atom stereocenters. The van der Waals surface area contributed by atoms with Gasteiger partial charge in [0, 0.05) is 25.5 Å². The molecule has 0 aromatic heterocycles. The Bertz CT molecular complexity index is 242. The van der Waals surface area contributed by atoms with Gasteiger partial charge in [0.05, 0.1) is 6.61 Å². The second-order valence-corrected chi connectivity index (χ2v) is 7.46. The zero-order valence-corrected chi connectivity index (χ0v) is 12.1. The van der Waals surface area contributed by atoms with Gasteiger partial charge in [0.1, 0.15) is 4.66 Å². The molecule has 0 heterocycles. The molecule has 86 valence electrons. The minimum absolute atomic E-state index is 0.0220. The van der Waals surface area contributed by atoms with Gasteiger partial charge in [-0.25, -0.2) is 8.42 Å². The monoisotopic (exact) mass is 352 g/mol. The topological polar surface area (TPSA) is 52.6 Å². The Morgan fingerprint density at radius 2 is 1.93 bits per heavy atom. The molecule has 14 heavy (non-hydrogen) atoms. The molecule has 0 radical (unpaired) electrons. The first-order valence-electron chi connectivity index (χ1n) is 3.91. The Kier molecular flexibility index (Phi) is 7.59. The van der Waals surface area contributed by atoms with Crippen molar-refractivity contribution < 1.29 is 17.9 Å². The highest BCUT2D eigenvalue weighted by atomic mass is 79.9. The molecule has 0 aliphatic heterocycles. The molecular formula is C7H14Br2O4S. The van der Waals surface area contributed by atoms with Crippen LogP contribution in [0.1, 0.15) is 6.42 Å². The van der Waals surface area contributed by atoms with Gasteiger partial charge in [-0.3, -0.25) is 0 Å². The summed E-state index contributed by atoms with van der Waals surface area (Å²) < 4.78 is 32.6. The Morgan fingerprint density at radius 1 is 1.36 bits per heavy atom. The molecule has 7 heteroatoms. The molecule has 0 aliphatic carbocycles. The molecule has 0 N–H and O–H groups in total. The van der Waals surface area contributed by atoms with Crippen LogP contribution >= 0.6 is 31.9 Å². The number of alkyl halides is 2. The molecule has 0 spiro atoms. The van der Waals surface area contributed by atoms with E-state index in [1.807, 2.05) is 0 Å². The smallest absolute Gasteiger partial charge is 0.187 e. The molecule has 0 aromatic carbocycles. The van der Waals surface area contributed by atoms with E-state index in [1.165, 1.54) is 7.11 Å². The van der Waals surface area contributed by atoms with E-state index in [0.29, 0.717) is 13.0 Å². The predicted molar refractivity (Wildman–Crippen MR) is 62.7 cm³/mol. The number of methoxy groups -OCH3 is 2. The second kappa shape index (κ2) is 7.16. The molecule has 0 aromatic rings. The molecule has 0 rings (SSSR count). The van der Waals surface area contributed by atoms with Gasteiger partial charge in [-0.1, -0.05) is 31.9 Å². The van der Waals surface area contributed by atoms with Crippen LogP contribution in [0, 0.1) is 0 Å². The Morgan fingerprint density at radius 3 is 2.29 bits per heavy atom. The maximum atomic E-state index is 11.4. The van der Waals surface area contributed by atoms with Crippen LogP contribution in [0.15, 0.2) is 0 Å². The first-order chi connectivity index (χ1) is 6.47. The van der Waals surface area contributed by atoms with Gasteiger partial charge in [-0.05, 0) is 0 Å². The molecule has 0 fully saturated rings. The van der Waals surface area contributed by atoms with E-state index in [0.717, 1.165) is 0 Å². The third-order valence-corrected chi connectivity index (χ3v) is 5.65. The number of rotatable bonds is 7. The largest absolute Gasteiger partial charge is 0.384 e. The summed E-state index contributed by atoms with van der Waals surface area (Å²) in [5, 5.41) is 0. The van der Waals surface area contributed by atoms with Crippen LogP contribution in [-0.2, 0) is 19.3 Å². The highest BCUT2D eigenvalue weighted by Gasteiger charge is 2.26. The summed E-state index contributed by atoms with van der Waals surface area (Å²) in [6.45, 7) is 0.456. The van der Waals surface area contributed by atoms with Crippen LogP contribution in [0.4, 0.5) is 0 Å². The van der Waals surface area contributed by atoms with Crippen LogP contribution < -0.4 is 0 Å². The van der Waals surface area contributed by atoms with Crippen LogP contribution in [0.25, 0.3) is 0 Å². The SMILES string of the molecule is COCC(Br)CC(OC)S(=O)(=O)CBr. The summed E-state index contributed by atoms with van der Waals surface area (Å²) in [6, 6.07) is 0. The van der Waals surface area contributed by atoms with Crippen LogP contribution in [-0.4, -0.2) is 44.2 Å². The summed E-state index contributed by atoms with van der Waals surface area (Å²) in [5.74, 6) is 0. The highest BCUT2D eigenvalue weighted by molar-refractivity contribution is 9.10. The summed E-state index contributed by atoms with van der Waals surface area (Å²) in [5.41, 5.74) is -0.790. The van der Waals surface area contributed by atoms with E-state index in [4.69, 9.17) is 9.47 Å². The number of halogens is 2. The molecular weight excluding hydrogens is 340 g/mol. The van der Waals surface area contributed by atoms with E-state index in [1.54, 1.807) is 7.11 Å². The number of hydrogen-bond acceptors (Lipinski definition) is 4. The van der Waals surface area contributed by atoms with E-state index in [2.05, 4.69) is 31.9 Å². The van der Waals surface area contributed by atoms with Crippen molar-refractivity contribution in [1.82, 2.24) is 0 Å². The quantitative estimate of drug-likeness (QED) is 0.651. The van der Waals surface area contributed by atoms with E-state index >= 15 is 0 Å². The van der Waals surface area contributed by atoms with E-state index < -0.39 is 15.3 Å². The molecule has 4 nitrogen and oxygen atoms in total. The van der Waals surface area contributed by atoms with E-state index in [9.17, 15) is 8.42 Å². The van der Waals surface area contributed by atoms with Crippen molar-refractivity contribution in [1.29, 1.82) is 0 Å². The number of hydrogen-bond donors (Lipinski definition) is 0. The lowest BCUT2D eigenvalue weighted by molar-refractivity contribution is 0.139. The van der Waals surface area contributed by atoms with Crippen LogP contribution in [0.5, 0.6) is 0 Å². The third-order valence-electron chi connectivity index (χ3n) is 1.61. The molecule has 2 unspecified atom stereocenters.